The first-order chi connectivity index (χ1) is 7.79. The van der Waals surface area contributed by atoms with Crippen molar-refractivity contribution in [2.75, 3.05) is 20.1 Å². The summed E-state index contributed by atoms with van der Waals surface area (Å²) in [4.78, 5) is 6.59. The Balaban J connectivity index is 1.82. The van der Waals surface area contributed by atoms with Crippen LogP contribution in [-0.2, 0) is 13.1 Å². The molecule has 4 heteroatoms. The van der Waals surface area contributed by atoms with Gasteiger partial charge < -0.3 is 14.8 Å². The second-order valence-electron chi connectivity index (χ2n) is 4.71. The van der Waals surface area contributed by atoms with Crippen LogP contribution in [0.3, 0.4) is 0 Å². The number of imidazole rings is 1. The Morgan fingerprint density at radius 1 is 1.56 bits per heavy atom. The Morgan fingerprint density at radius 2 is 2.44 bits per heavy atom. The number of hydrogen-bond acceptors (Lipinski definition) is 3. The molecule has 90 valence electrons. The molecule has 1 saturated heterocycles. The fourth-order valence-corrected chi connectivity index (χ4v) is 2.29. The molecule has 1 aliphatic heterocycles. The van der Waals surface area contributed by atoms with Gasteiger partial charge in [-0.05, 0) is 26.4 Å². The van der Waals surface area contributed by atoms with E-state index in [0.717, 1.165) is 19.5 Å². The summed E-state index contributed by atoms with van der Waals surface area (Å²) in [6, 6.07) is 0.648. The Labute approximate surface area is 97.7 Å². The fraction of sp³-hybridized carbons (Fsp3) is 0.750. The molecule has 0 saturated carbocycles. The molecular weight excluding hydrogens is 200 g/mol. The standard InChI is InChI=1S/C12H22N4/c1-3-5-16-10-13-7-12(16)8-14-11-4-6-15(2)9-11/h7,10-11,14H,3-6,8-9H2,1-2H3. The van der Waals surface area contributed by atoms with E-state index in [2.05, 4.69) is 33.7 Å². The molecule has 1 fully saturated rings. The molecular formula is C12H22N4. The summed E-state index contributed by atoms with van der Waals surface area (Å²) in [6.07, 6.45) is 6.33. The first-order valence-electron chi connectivity index (χ1n) is 6.20. The van der Waals surface area contributed by atoms with Crippen LogP contribution in [0, 0.1) is 0 Å². The number of hydrogen-bond donors (Lipinski definition) is 1. The third-order valence-corrected chi connectivity index (χ3v) is 3.23. The van der Waals surface area contributed by atoms with Gasteiger partial charge in [0.15, 0.2) is 0 Å². The Morgan fingerprint density at radius 3 is 3.12 bits per heavy atom. The quantitative estimate of drug-likeness (QED) is 0.809. The SMILES string of the molecule is CCCn1cncc1CNC1CCN(C)C1. The largest absolute Gasteiger partial charge is 0.333 e. The van der Waals surface area contributed by atoms with Gasteiger partial charge in [-0.25, -0.2) is 4.98 Å². The van der Waals surface area contributed by atoms with Crippen molar-refractivity contribution in [1.29, 1.82) is 0 Å². The number of rotatable bonds is 5. The fourth-order valence-electron chi connectivity index (χ4n) is 2.29. The lowest BCUT2D eigenvalue weighted by atomic mass is 10.2. The van der Waals surface area contributed by atoms with E-state index in [0.29, 0.717) is 6.04 Å². The topological polar surface area (TPSA) is 33.1 Å². The van der Waals surface area contributed by atoms with Gasteiger partial charge >= 0.3 is 0 Å². The molecule has 1 N–H and O–H groups in total. The number of likely N-dealkylation sites (tertiary alicyclic amines) is 1. The third kappa shape index (κ3) is 2.83. The van der Waals surface area contributed by atoms with Crippen LogP contribution in [-0.4, -0.2) is 40.6 Å². The maximum absolute atomic E-state index is 4.21. The summed E-state index contributed by atoms with van der Waals surface area (Å²) in [5, 5.41) is 3.61. The van der Waals surface area contributed by atoms with E-state index in [-0.39, 0.29) is 0 Å². The molecule has 0 spiro atoms. The molecule has 0 aromatic carbocycles. The smallest absolute Gasteiger partial charge is 0.0948 e. The second-order valence-corrected chi connectivity index (χ2v) is 4.71. The molecule has 2 heterocycles. The first kappa shape index (κ1) is 11.6. The van der Waals surface area contributed by atoms with Crippen LogP contribution in [0.4, 0.5) is 0 Å². The van der Waals surface area contributed by atoms with Crippen LogP contribution >= 0.6 is 0 Å². The third-order valence-electron chi connectivity index (χ3n) is 3.23. The summed E-state index contributed by atoms with van der Waals surface area (Å²) < 4.78 is 2.24. The van der Waals surface area contributed by atoms with Gasteiger partial charge in [0, 0.05) is 31.9 Å². The number of nitrogens with zero attached hydrogens (tertiary/aromatic N) is 3. The van der Waals surface area contributed by atoms with E-state index in [1.54, 1.807) is 0 Å². The molecule has 4 nitrogen and oxygen atoms in total. The number of aryl methyl sites for hydroxylation is 1. The average molecular weight is 222 g/mol. The van der Waals surface area contributed by atoms with Crippen molar-refractivity contribution in [3.63, 3.8) is 0 Å². The van der Waals surface area contributed by atoms with E-state index < -0.39 is 0 Å². The normalized spacial score (nSPS) is 21.8. The molecule has 1 aliphatic rings. The zero-order valence-electron chi connectivity index (χ0n) is 10.3. The van der Waals surface area contributed by atoms with Gasteiger partial charge in [0.2, 0.25) is 0 Å². The summed E-state index contributed by atoms with van der Waals surface area (Å²) in [5.74, 6) is 0. The number of nitrogens with one attached hydrogen (secondary N) is 1. The zero-order chi connectivity index (χ0) is 11.4. The van der Waals surface area contributed by atoms with Crippen molar-refractivity contribution >= 4 is 0 Å². The van der Waals surface area contributed by atoms with E-state index >= 15 is 0 Å². The summed E-state index contributed by atoms with van der Waals surface area (Å²) in [5.41, 5.74) is 1.30. The maximum atomic E-state index is 4.21. The average Bonchev–Trinajstić information content (AvgIpc) is 2.85. The van der Waals surface area contributed by atoms with Crippen LogP contribution in [0.5, 0.6) is 0 Å². The van der Waals surface area contributed by atoms with Crippen molar-refractivity contribution in [1.82, 2.24) is 19.8 Å². The molecule has 2 rings (SSSR count). The summed E-state index contributed by atoms with van der Waals surface area (Å²) in [7, 11) is 2.18. The molecule has 1 atom stereocenters. The lowest BCUT2D eigenvalue weighted by molar-refractivity contribution is 0.396. The Kier molecular flexibility index (Phi) is 3.96. The molecule has 16 heavy (non-hydrogen) atoms. The van der Waals surface area contributed by atoms with E-state index in [1.165, 1.54) is 25.2 Å². The van der Waals surface area contributed by atoms with Crippen molar-refractivity contribution in [2.45, 2.75) is 38.9 Å². The van der Waals surface area contributed by atoms with Crippen LogP contribution < -0.4 is 5.32 Å². The second kappa shape index (κ2) is 5.46. The molecule has 0 radical (unpaired) electrons. The van der Waals surface area contributed by atoms with Gasteiger partial charge in [0.1, 0.15) is 0 Å². The van der Waals surface area contributed by atoms with E-state index in [9.17, 15) is 0 Å². The van der Waals surface area contributed by atoms with E-state index in [1.807, 2.05) is 12.5 Å². The van der Waals surface area contributed by atoms with Crippen molar-refractivity contribution in [3.8, 4) is 0 Å². The highest BCUT2D eigenvalue weighted by atomic mass is 15.2. The van der Waals surface area contributed by atoms with Crippen LogP contribution in [0.1, 0.15) is 25.5 Å². The first-order valence-corrected chi connectivity index (χ1v) is 6.20. The highest BCUT2D eigenvalue weighted by Gasteiger charge is 2.18. The van der Waals surface area contributed by atoms with Gasteiger partial charge in [-0.1, -0.05) is 6.92 Å². The number of aromatic nitrogens is 2. The van der Waals surface area contributed by atoms with Gasteiger partial charge in [-0.15, -0.1) is 0 Å². The molecule has 0 aliphatic carbocycles. The Bertz CT molecular complexity index is 321. The van der Waals surface area contributed by atoms with Gasteiger partial charge in [0.05, 0.1) is 12.0 Å². The molecule has 1 unspecified atom stereocenters. The molecule has 1 aromatic heterocycles. The maximum Gasteiger partial charge on any atom is 0.0948 e. The van der Waals surface area contributed by atoms with E-state index in [4.69, 9.17) is 0 Å². The number of likely N-dealkylation sites (N-methyl/N-ethyl adjacent to an activating group) is 1. The minimum atomic E-state index is 0.648. The van der Waals surface area contributed by atoms with Gasteiger partial charge in [-0.2, -0.15) is 0 Å². The lowest BCUT2D eigenvalue weighted by Gasteiger charge is -2.13. The summed E-state index contributed by atoms with van der Waals surface area (Å²) >= 11 is 0. The lowest BCUT2D eigenvalue weighted by Crippen LogP contribution is -2.31. The minimum Gasteiger partial charge on any atom is -0.333 e. The van der Waals surface area contributed by atoms with Crippen LogP contribution in [0.2, 0.25) is 0 Å². The molecule has 0 amide bonds. The van der Waals surface area contributed by atoms with Gasteiger partial charge in [0.25, 0.3) is 0 Å². The Hall–Kier alpha value is -0.870. The van der Waals surface area contributed by atoms with Crippen LogP contribution in [0.15, 0.2) is 12.5 Å². The predicted octanol–water partition coefficient (Wildman–Crippen LogP) is 1.09. The monoisotopic (exact) mass is 222 g/mol. The van der Waals surface area contributed by atoms with Gasteiger partial charge in [-0.3, -0.25) is 0 Å². The summed E-state index contributed by atoms with van der Waals surface area (Å²) in [6.45, 7) is 6.59. The highest BCUT2D eigenvalue weighted by Crippen LogP contribution is 2.08. The minimum absolute atomic E-state index is 0.648. The molecule has 1 aromatic rings. The zero-order valence-corrected chi connectivity index (χ0v) is 10.3. The predicted molar refractivity (Wildman–Crippen MR) is 65.3 cm³/mol. The van der Waals surface area contributed by atoms with Crippen molar-refractivity contribution in [2.24, 2.45) is 0 Å². The van der Waals surface area contributed by atoms with Crippen LogP contribution in [0.25, 0.3) is 0 Å². The van der Waals surface area contributed by atoms with Crippen molar-refractivity contribution < 1.29 is 0 Å². The molecule has 0 bridgehead atoms. The highest BCUT2D eigenvalue weighted by molar-refractivity contribution is 4.98. The van der Waals surface area contributed by atoms with Crippen molar-refractivity contribution in [3.05, 3.63) is 18.2 Å².